The Bertz CT molecular complexity index is 198. The van der Waals surface area contributed by atoms with Gasteiger partial charge in [0.05, 0.1) is 18.3 Å². The summed E-state index contributed by atoms with van der Waals surface area (Å²) in [5.41, 5.74) is 0. The molecule has 3 aliphatic heterocycles. The van der Waals surface area contributed by atoms with Crippen molar-refractivity contribution in [3.63, 3.8) is 0 Å². The van der Waals surface area contributed by atoms with E-state index in [0.29, 0.717) is 12.2 Å². The first-order valence-corrected chi connectivity index (χ1v) is 4.69. The number of aliphatic hydroxyl groups excluding tert-OH is 1. The predicted molar refractivity (Wildman–Crippen MR) is 41.7 cm³/mol. The molecule has 68 valence electrons. The molecule has 0 aromatic carbocycles. The fourth-order valence-electron chi connectivity index (χ4n) is 2.71. The van der Waals surface area contributed by atoms with Crippen LogP contribution in [0.25, 0.3) is 0 Å². The molecule has 3 saturated heterocycles. The van der Waals surface area contributed by atoms with Gasteiger partial charge in [0.25, 0.3) is 0 Å². The highest BCUT2D eigenvalue weighted by Gasteiger charge is 2.65. The van der Waals surface area contributed by atoms with Crippen molar-refractivity contribution < 1.29 is 14.6 Å². The molecule has 4 unspecified atom stereocenters. The number of rotatable bonds is 0. The Balaban J connectivity index is 1.93. The molecule has 3 heterocycles. The van der Waals surface area contributed by atoms with Gasteiger partial charge in [-0.05, 0) is 0 Å². The van der Waals surface area contributed by atoms with Crippen molar-refractivity contribution in [2.24, 2.45) is 11.8 Å². The molecule has 0 amide bonds. The standard InChI is InChI=1S/C9H14O3/c1-3-5(10)4(2)7-9-8(12-9)6(3)11-7/h3-10H,1-2H3/t3-,4?,5+,6?,7?,8?,9-/m0/s1. The molecular weight excluding hydrogens is 156 g/mol. The molecule has 0 spiro atoms. The number of hydrogen-bond donors (Lipinski definition) is 1. The lowest BCUT2D eigenvalue weighted by Gasteiger charge is -2.38. The Kier molecular flexibility index (Phi) is 1.23. The summed E-state index contributed by atoms with van der Waals surface area (Å²) < 4.78 is 11.2. The maximum absolute atomic E-state index is 9.83. The van der Waals surface area contributed by atoms with Gasteiger partial charge < -0.3 is 14.6 Å². The smallest absolute Gasteiger partial charge is 0.113 e. The van der Waals surface area contributed by atoms with Gasteiger partial charge in [-0.2, -0.15) is 0 Å². The molecule has 0 radical (unpaired) electrons. The quantitative estimate of drug-likeness (QED) is 0.527. The van der Waals surface area contributed by atoms with Gasteiger partial charge in [-0.1, -0.05) is 13.8 Å². The topological polar surface area (TPSA) is 42.0 Å². The second-order valence-electron chi connectivity index (χ2n) is 4.34. The molecule has 0 saturated carbocycles. The molecule has 0 aromatic heterocycles. The lowest BCUT2D eigenvalue weighted by Crippen LogP contribution is -2.47. The van der Waals surface area contributed by atoms with E-state index in [1.807, 2.05) is 13.8 Å². The van der Waals surface area contributed by atoms with E-state index in [-0.39, 0.29) is 30.1 Å². The van der Waals surface area contributed by atoms with Crippen LogP contribution >= 0.6 is 0 Å². The number of epoxide rings is 1. The molecule has 3 nitrogen and oxygen atoms in total. The number of hydrogen-bond acceptors (Lipinski definition) is 3. The van der Waals surface area contributed by atoms with Gasteiger partial charge in [0, 0.05) is 11.8 Å². The van der Waals surface area contributed by atoms with Gasteiger partial charge in [-0.15, -0.1) is 0 Å². The molecule has 7 atom stereocenters. The minimum atomic E-state index is -0.204. The van der Waals surface area contributed by atoms with E-state index >= 15 is 0 Å². The van der Waals surface area contributed by atoms with Crippen molar-refractivity contribution in [3.8, 4) is 0 Å². The summed E-state index contributed by atoms with van der Waals surface area (Å²) in [6.45, 7) is 4.10. The average molecular weight is 170 g/mol. The highest BCUT2D eigenvalue weighted by atomic mass is 16.7. The Hall–Kier alpha value is -0.120. The maximum Gasteiger partial charge on any atom is 0.113 e. The third-order valence-corrected chi connectivity index (χ3v) is 3.64. The molecule has 0 aromatic rings. The third-order valence-electron chi connectivity index (χ3n) is 3.64. The van der Waals surface area contributed by atoms with Crippen molar-refractivity contribution in [2.45, 2.75) is 44.4 Å². The molecule has 2 bridgehead atoms. The van der Waals surface area contributed by atoms with Crippen molar-refractivity contribution in [1.82, 2.24) is 0 Å². The Morgan fingerprint density at radius 3 is 1.75 bits per heavy atom. The summed E-state index contributed by atoms with van der Waals surface area (Å²) in [7, 11) is 0. The van der Waals surface area contributed by atoms with Crippen LogP contribution in [-0.2, 0) is 9.47 Å². The molecule has 3 fully saturated rings. The van der Waals surface area contributed by atoms with Crippen molar-refractivity contribution in [3.05, 3.63) is 0 Å². The number of ether oxygens (including phenoxy) is 2. The molecule has 0 aliphatic carbocycles. The van der Waals surface area contributed by atoms with E-state index in [2.05, 4.69) is 0 Å². The average Bonchev–Trinajstić information content (AvgIpc) is 2.76. The van der Waals surface area contributed by atoms with Crippen molar-refractivity contribution >= 4 is 0 Å². The number of fused-ring (bicyclic) bond motifs is 5. The Labute approximate surface area is 71.7 Å². The molecule has 3 heteroatoms. The van der Waals surface area contributed by atoms with Crippen LogP contribution in [0.15, 0.2) is 0 Å². The van der Waals surface area contributed by atoms with Gasteiger partial charge in [-0.3, -0.25) is 0 Å². The minimum Gasteiger partial charge on any atom is -0.392 e. The van der Waals surface area contributed by atoms with Crippen LogP contribution in [0.5, 0.6) is 0 Å². The number of aliphatic hydroxyl groups is 1. The van der Waals surface area contributed by atoms with E-state index in [1.165, 1.54) is 0 Å². The highest BCUT2D eigenvalue weighted by molar-refractivity contribution is 5.11. The Morgan fingerprint density at radius 1 is 0.833 bits per heavy atom. The van der Waals surface area contributed by atoms with Crippen LogP contribution in [0.3, 0.4) is 0 Å². The summed E-state index contributed by atoms with van der Waals surface area (Å²) in [6, 6.07) is 0. The van der Waals surface area contributed by atoms with Crippen LogP contribution in [0.4, 0.5) is 0 Å². The van der Waals surface area contributed by atoms with Crippen LogP contribution in [0.1, 0.15) is 13.8 Å². The van der Waals surface area contributed by atoms with Crippen molar-refractivity contribution in [2.75, 3.05) is 0 Å². The van der Waals surface area contributed by atoms with Crippen LogP contribution < -0.4 is 0 Å². The van der Waals surface area contributed by atoms with Gasteiger partial charge in [0.15, 0.2) is 0 Å². The second-order valence-corrected chi connectivity index (χ2v) is 4.34. The fraction of sp³-hybridized carbons (Fsp3) is 1.00. The summed E-state index contributed by atoms with van der Waals surface area (Å²) >= 11 is 0. The normalized spacial score (nSPS) is 67.8. The highest BCUT2D eigenvalue weighted by Crippen LogP contribution is 2.50. The van der Waals surface area contributed by atoms with E-state index < -0.39 is 0 Å². The van der Waals surface area contributed by atoms with Crippen LogP contribution in [0, 0.1) is 11.8 Å². The third kappa shape index (κ3) is 0.679. The van der Waals surface area contributed by atoms with E-state index in [9.17, 15) is 5.11 Å². The van der Waals surface area contributed by atoms with Gasteiger partial charge in [0.1, 0.15) is 12.2 Å². The largest absolute Gasteiger partial charge is 0.392 e. The first-order chi connectivity index (χ1) is 5.70. The first kappa shape index (κ1) is 7.30. The van der Waals surface area contributed by atoms with Gasteiger partial charge in [0.2, 0.25) is 0 Å². The minimum absolute atomic E-state index is 0.159. The van der Waals surface area contributed by atoms with E-state index in [4.69, 9.17) is 9.47 Å². The molecule has 3 aliphatic rings. The van der Waals surface area contributed by atoms with Crippen molar-refractivity contribution in [1.29, 1.82) is 0 Å². The molecular formula is C9H14O3. The fourth-order valence-corrected chi connectivity index (χ4v) is 2.71. The Morgan fingerprint density at radius 2 is 1.25 bits per heavy atom. The first-order valence-electron chi connectivity index (χ1n) is 4.69. The maximum atomic E-state index is 9.83. The summed E-state index contributed by atoms with van der Waals surface area (Å²) in [5.74, 6) is 0.461. The zero-order valence-corrected chi connectivity index (χ0v) is 7.31. The molecule has 1 N–H and O–H groups in total. The van der Waals surface area contributed by atoms with Gasteiger partial charge >= 0.3 is 0 Å². The summed E-state index contributed by atoms with van der Waals surface area (Å²) in [5, 5.41) is 9.83. The van der Waals surface area contributed by atoms with Gasteiger partial charge in [-0.25, -0.2) is 0 Å². The SMILES string of the molecule is CC1C2OC(C3O[C@H]32)[C@@H](C)[C@H]1O. The lowest BCUT2D eigenvalue weighted by atomic mass is 9.86. The monoisotopic (exact) mass is 170 g/mol. The zero-order chi connectivity index (χ0) is 8.46. The molecule has 12 heavy (non-hydrogen) atoms. The predicted octanol–water partition coefficient (Wildman–Crippen LogP) is 0.168. The molecule has 3 rings (SSSR count). The zero-order valence-electron chi connectivity index (χ0n) is 7.31. The summed E-state index contributed by atoms with van der Waals surface area (Å²) in [6.07, 6.45) is 0.705. The van der Waals surface area contributed by atoms with Crippen LogP contribution in [-0.4, -0.2) is 35.6 Å². The van der Waals surface area contributed by atoms with E-state index in [0.717, 1.165) is 0 Å². The summed E-state index contributed by atoms with van der Waals surface area (Å²) in [4.78, 5) is 0. The lowest BCUT2D eigenvalue weighted by molar-refractivity contribution is -0.164. The second kappa shape index (κ2) is 2.03. The van der Waals surface area contributed by atoms with Crippen LogP contribution in [0.2, 0.25) is 0 Å². The van der Waals surface area contributed by atoms with E-state index in [1.54, 1.807) is 0 Å².